The van der Waals surface area contributed by atoms with Crippen molar-refractivity contribution in [2.24, 2.45) is 0 Å². The van der Waals surface area contributed by atoms with E-state index >= 15 is 0 Å². The summed E-state index contributed by atoms with van der Waals surface area (Å²) in [4.78, 5) is 15.8. The van der Waals surface area contributed by atoms with Gasteiger partial charge in [-0.15, -0.1) is 0 Å². The fourth-order valence-electron chi connectivity index (χ4n) is 4.68. The van der Waals surface area contributed by atoms with Crippen LogP contribution in [0.2, 0.25) is 0 Å². The van der Waals surface area contributed by atoms with Crippen molar-refractivity contribution in [2.45, 2.75) is 37.1 Å². The first-order valence-electron chi connectivity index (χ1n) is 9.78. The van der Waals surface area contributed by atoms with Gasteiger partial charge in [-0.1, -0.05) is 30.3 Å². The van der Waals surface area contributed by atoms with Gasteiger partial charge in [-0.05, 0) is 29.3 Å². The highest BCUT2D eigenvalue weighted by Crippen LogP contribution is 2.49. The summed E-state index contributed by atoms with van der Waals surface area (Å²) >= 11 is 0. The molecule has 4 rings (SSSR count). The minimum atomic E-state index is -4.56. The number of benzene rings is 2. The number of rotatable bonds is 5. The lowest BCUT2D eigenvalue weighted by molar-refractivity contribution is -0.152. The average Bonchev–Trinajstić information content (AvgIpc) is 2.70. The van der Waals surface area contributed by atoms with E-state index in [2.05, 4.69) is 4.90 Å². The molecule has 1 N–H and O–H groups in total. The molecule has 0 bridgehead atoms. The van der Waals surface area contributed by atoms with Crippen molar-refractivity contribution in [3.05, 3.63) is 59.7 Å². The number of fused-ring (bicyclic) bond motifs is 3. The number of halogens is 3. The van der Waals surface area contributed by atoms with Gasteiger partial charge in [-0.25, -0.2) is 0 Å². The lowest BCUT2D eigenvalue weighted by Crippen LogP contribution is -2.68. The molecule has 2 aromatic rings. The monoisotopic (exact) mass is 420 g/mol. The third-order valence-electron chi connectivity index (χ3n) is 5.98. The second-order valence-corrected chi connectivity index (χ2v) is 7.72. The summed E-state index contributed by atoms with van der Waals surface area (Å²) in [5, 5.41) is 10.0. The quantitative estimate of drug-likeness (QED) is 0.807. The van der Waals surface area contributed by atoms with Gasteiger partial charge in [0.05, 0.1) is 13.7 Å². The number of nitrogens with zero attached hydrogens (tertiary/aromatic N) is 2. The predicted molar refractivity (Wildman–Crippen MR) is 105 cm³/mol. The second kappa shape index (κ2) is 7.92. The van der Waals surface area contributed by atoms with E-state index in [0.717, 1.165) is 11.1 Å². The number of hydrogen-bond acceptors (Lipinski definition) is 4. The normalized spacial score (nSPS) is 23.4. The van der Waals surface area contributed by atoms with E-state index in [1.165, 1.54) is 4.90 Å². The smallest absolute Gasteiger partial charge is 0.397 e. The molecule has 0 radical (unpaired) electrons. The van der Waals surface area contributed by atoms with Gasteiger partial charge in [0.2, 0.25) is 5.91 Å². The van der Waals surface area contributed by atoms with Crippen LogP contribution in [-0.4, -0.2) is 54.4 Å². The van der Waals surface area contributed by atoms with E-state index < -0.39 is 18.5 Å². The van der Waals surface area contributed by atoms with Crippen molar-refractivity contribution in [3.8, 4) is 5.75 Å². The zero-order valence-electron chi connectivity index (χ0n) is 16.5. The Morgan fingerprint density at radius 2 is 1.97 bits per heavy atom. The standard InChI is InChI=1S/C22H23F3N2O3/c1-30-15-6-4-5-14(9-15)11-26-18-12-27(20(29)10-22(23,24)25)17-8-3-2-7-16(17)21(18)19(26)13-28/h2-9,18-19,21,28H,10-13H2,1H3/t18-,19+,21+/m0/s1. The molecular formula is C22H23F3N2O3. The predicted octanol–water partition coefficient (Wildman–Crippen LogP) is 3.32. The van der Waals surface area contributed by atoms with Crippen LogP contribution in [0.3, 0.4) is 0 Å². The van der Waals surface area contributed by atoms with Crippen LogP contribution in [0.1, 0.15) is 23.5 Å². The van der Waals surface area contributed by atoms with Crippen molar-refractivity contribution in [1.82, 2.24) is 4.90 Å². The average molecular weight is 420 g/mol. The van der Waals surface area contributed by atoms with Crippen LogP contribution in [-0.2, 0) is 11.3 Å². The topological polar surface area (TPSA) is 53.0 Å². The van der Waals surface area contributed by atoms with E-state index in [9.17, 15) is 23.1 Å². The van der Waals surface area contributed by atoms with E-state index in [4.69, 9.17) is 4.74 Å². The third-order valence-corrected chi connectivity index (χ3v) is 5.98. The van der Waals surface area contributed by atoms with Crippen LogP contribution in [0.25, 0.3) is 0 Å². The molecule has 2 aromatic carbocycles. The van der Waals surface area contributed by atoms with Crippen molar-refractivity contribution in [1.29, 1.82) is 0 Å². The molecular weight excluding hydrogens is 397 g/mol. The minimum Gasteiger partial charge on any atom is -0.497 e. The van der Waals surface area contributed by atoms with Crippen molar-refractivity contribution >= 4 is 11.6 Å². The first-order chi connectivity index (χ1) is 14.3. The van der Waals surface area contributed by atoms with Crippen molar-refractivity contribution in [3.63, 3.8) is 0 Å². The highest BCUT2D eigenvalue weighted by Gasteiger charge is 2.53. The molecule has 3 atom stereocenters. The van der Waals surface area contributed by atoms with Crippen molar-refractivity contribution in [2.75, 3.05) is 25.2 Å². The highest BCUT2D eigenvalue weighted by molar-refractivity contribution is 5.95. The van der Waals surface area contributed by atoms with E-state index in [-0.39, 0.29) is 31.2 Å². The first-order valence-corrected chi connectivity index (χ1v) is 9.78. The number of amides is 1. The first kappa shape index (κ1) is 20.7. The third kappa shape index (κ3) is 3.77. The van der Waals surface area contributed by atoms with Crippen LogP contribution >= 0.6 is 0 Å². The molecule has 30 heavy (non-hydrogen) atoms. The summed E-state index contributed by atoms with van der Waals surface area (Å²) in [7, 11) is 1.58. The lowest BCUT2D eigenvalue weighted by atomic mass is 9.71. The number of para-hydroxylation sites is 1. The largest absolute Gasteiger partial charge is 0.497 e. The summed E-state index contributed by atoms with van der Waals surface area (Å²) < 4.78 is 43.9. The van der Waals surface area contributed by atoms with Crippen molar-refractivity contribution < 1.29 is 27.8 Å². The molecule has 160 valence electrons. The zero-order chi connectivity index (χ0) is 21.5. The maximum absolute atomic E-state index is 12.9. The number of alkyl halides is 3. The molecule has 0 aromatic heterocycles. The Morgan fingerprint density at radius 1 is 1.20 bits per heavy atom. The highest BCUT2D eigenvalue weighted by atomic mass is 19.4. The number of aliphatic hydroxyl groups excluding tert-OH is 1. The van der Waals surface area contributed by atoms with Gasteiger partial charge >= 0.3 is 6.18 Å². The summed E-state index contributed by atoms with van der Waals surface area (Å²) in [6.45, 7) is 0.597. The second-order valence-electron chi connectivity index (χ2n) is 7.72. The van der Waals surface area contributed by atoms with Gasteiger partial charge in [-0.2, -0.15) is 13.2 Å². The van der Waals surface area contributed by atoms with Crippen LogP contribution in [0.5, 0.6) is 5.75 Å². The summed E-state index contributed by atoms with van der Waals surface area (Å²) in [5.41, 5.74) is 2.29. The van der Waals surface area contributed by atoms with Crippen LogP contribution in [0, 0.1) is 0 Å². The molecule has 0 aliphatic carbocycles. The molecule has 1 amide bonds. The molecule has 0 spiro atoms. The van der Waals surface area contributed by atoms with E-state index in [0.29, 0.717) is 18.0 Å². The molecule has 1 fully saturated rings. The zero-order valence-corrected chi connectivity index (χ0v) is 16.5. The maximum atomic E-state index is 12.9. The maximum Gasteiger partial charge on any atom is 0.397 e. The summed E-state index contributed by atoms with van der Waals surface area (Å²) in [5.74, 6) is -0.282. The molecule has 2 heterocycles. The Morgan fingerprint density at radius 3 is 2.67 bits per heavy atom. The van der Waals surface area contributed by atoms with Gasteiger partial charge < -0.3 is 14.7 Å². The van der Waals surface area contributed by atoms with Gasteiger partial charge in [0, 0.05) is 36.8 Å². The van der Waals surface area contributed by atoms with Crippen LogP contribution < -0.4 is 9.64 Å². The van der Waals surface area contributed by atoms with E-state index in [1.807, 2.05) is 36.4 Å². The summed E-state index contributed by atoms with van der Waals surface area (Å²) in [6, 6.07) is 14.3. The Labute approximate surface area is 172 Å². The minimum absolute atomic E-state index is 0.0354. The Kier molecular flexibility index (Phi) is 5.46. The number of carbonyl (C=O) groups is 1. The number of aliphatic hydroxyl groups is 1. The fraction of sp³-hybridized carbons (Fsp3) is 0.409. The number of ether oxygens (including phenoxy) is 1. The fourth-order valence-corrected chi connectivity index (χ4v) is 4.68. The lowest BCUT2D eigenvalue weighted by Gasteiger charge is -2.59. The van der Waals surface area contributed by atoms with Gasteiger partial charge in [0.15, 0.2) is 0 Å². The molecule has 2 aliphatic heterocycles. The number of likely N-dealkylation sites (tertiary alicyclic amines) is 1. The van der Waals surface area contributed by atoms with E-state index in [1.54, 1.807) is 19.2 Å². The number of anilines is 1. The Hall–Kier alpha value is -2.58. The van der Waals surface area contributed by atoms with Crippen LogP contribution in [0.15, 0.2) is 48.5 Å². The summed E-state index contributed by atoms with van der Waals surface area (Å²) in [6.07, 6.45) is -6.05. The van der Waals surface area contributed by atoms with Gasteiger partial charge in [-0.3, -0.25) is 9.69 Å². The van der Waals surface area contributed by atoms with Gasteiger partial charge in [0.1, 0.15) is 12.2 Å². The van der Waals surface area contributed by atoms with Gasteiger partial charge in [0.25, 0.3) is 0 Å². The number of methoxy groups -OCH3 is 1. The SMILES string of the molecule is COc1cccc(CN2[C@H](CO)[C@@H]3c4ccccc4N(C(=O)CC(F)(F)F)C[C@@H]32)c1. The molecule has 8 heteroatoms. The molecule has 5 nitrogen and oxygen atoms in total. The molecule has 0 saturated carbocycles. The molecule has 0 unspecified atom stereocenters. The molecule has 1 saturated heterocycles. The molecule has 2 aliphatic rings. The Balaban J connectivity index is 1.63. The van der Waals surface area contributed by atoms with Crippen LogP contribution in [0.4, 0.5) is 18.9 Å². The number of carbonyl (C=O) groups excluding carboxylic acids is 1. The Bertz CT molecular complexity index is 934. The number of hydrogen-bond donors (Lipinski definition) is 1.